The number of alkyl halides is 3. The average molecular weight is 210 g/mol. The van der Waals surface area contributed by atoms with Crippen molar-refractivity contribution >= 4 is 11.8 Å². The van der Waals surface area contributed by atoms with E-state index in [-0.39, 0.29) is 12.8 Å². The van der Waals surface area contributed by atoms with Crippen LogP contribution in [0, 0.1) is 5.92 Å². The topological polar surface area (TPSA) is 43.4 Å². The summed E-state index contributed by atoms with van der Waals surface area (Å²) in [5.74, 6) is -3.14. The molecular formula is C8H9F3O3. The minimum absolute atomic E-state index is 0.160. The molecule has 6 heteroatoms. The van der Waals surface area contributed by atoms with Crippen LogP contribution in [0.4, 0.5) is 13.2 Å². The molecule has 0 aliphatic heterocycles. The molecule has 0 saturated heterocycles. The minimum Gasteiger partial charge on any atom is -0.372 e. The molecule has 0 aromatic heterocycles. The van der Waals surface area contributed by atoms with Crippen LogP contribution in [0.2, 0.25) is 0 Å². The highest BCUT2D eigenvalue weighted by atomic mass is 19.4. The third-order valence-electron chi connectivity index (χ3n) is 2.06. The number of carbonyl (C=O) groups is 2. The van der Waals surface area contributed by atoms with Crippen molar-refractivity contribution in [2.24, 2.45) is 5.92 Å². The van der Waals surface area contributed by atoms with E-state index in [1.54, 1.807) is 0 Å². The Morgan fingerprint density at radius 3 is 2.50 bits per heavy atom. The van der Waals surface area contributed by atoms with Gasteiger partial charge >= 0.3 is 12.3 Å². The molecule has 0 N–H and O–H groups in total. The summed E-state index contributed by atoms with van der Waals surface area (Å²) in [5.41, 5.74) is 0. The second kappa shape index (κ2) is 3.98. The molecule has 1 saturated carbocycles. The van der Waals surface area contributed by atoms with Gasteiger partial charge in [-0.3, -0.25) is 9.59 Å². The SMILES string of the molecule is O=C1CCCCC1C(=O)OC(F)(F)F. The number of ketones is 1. The molecule has 0 spiro atoms. The number of Topliss-reactive ketones (excluding diaryl/α,β-unsaturated/α-hetero) is 1. The summed E-state index contributed by atoms with van der Waals surface area (Å²) in [4.78, 5) is 21.9. The van der Waals surface area contributed by atoms with E-state index in [0.29, 0.717) is 12.8 Å². The first kappa shape index (κ1) is 11.0. The predicted molar refractivity (Wildman–Crippen MR) is 39.1 cm³/mol. The molecule has 1 rings (SSSR count). The van der Waals surface area contributed by atoms with Crippen LogP contribution in [-0.4, -0.2) is 18.1 Å². The highest BCUT2D eigenvalue weighted by molar-refractivity contribution is 5.99. The summed E-state index contributed by atoms with van der Waals surface area (Å²) >= 11 is 0. The van der Waals surface area contributed by atoms with Gasteiger partial charge < -0.3 is 4.74 Å². The van der Waals surface area contributed by atoms with E-state index in [4.69, 9.17) is 0 Å². The Morgan fingerprint density at radius 2 is 2.00 bits per heavy atom. The molecular weight excluding hydrogens is 201 g/mol. The quantitative estimate of drug-likeness (QED) is 0.489. The Hall–Kier alpha value is -1.07. The summed E-state index contributed by atoms with van der Waals surface area (Å²) in [6, 6.07) is 0. The van der Waals surface area contributed by atoms with Gasteiger partial charge in [-0.2, -0.15) is 0 Å². The Bertz CT molecular complexity index is 247. The molecule has 1 aliphatic rings. The number of halogens is 3. The van der Waals surface area contributed by atoms with Crippen molar-refractivity contribution in [2.75, 3.05) is 0 Å². The zero-order valence-corrected chi connectivity index (χ0v) is 7.26. The van der Waals surface area contributed by atoms with Crippen LogP contribution in [0.1, 0.15) is 25.7 Å². The molecule has 1 fully saturated rings. The van der Waals surface area contributed by atoms with Gasteiger partial charge in [0.2, 0.25) is 0 Å². The molecule has 14 heavy (non-hydrogen) atoms. The minimum atomic E-state index is -4.99. The molecule has 0 radical (unpaired) electrons. The second-order valence-electron chi connectivity index (χ2n) is 3.13. The van der Waals surface area contributed by atoms with Gasteiger partial charge in [-0.25, -0.2) is 0 Å². The van der Waals surface area contributed by atoms with E-state index >= 15 is 0 Å². The molecule has 0 bridgehead atoms. The van der Waals surface area contributed by atoms with E-state index in [0.717, 1.165) is 0 Å². The van der Waals surface area contributed by atoms with Crippen LogP contribution < -0.4 is 0 Å². The van der Waals surface area contributed by atoms with Crippen molar-refractivity contribution < 1.29 is 27.5 Å². The van der Waals surface area contributed by atoms with Gasteiger partial charge in [0.25, 0.3) is 0 Å². The van der Waals surface area contributed by atoms with Gasteiger partial charge in [-0.15, -0.1) is 13.2 Å². The van der Waals surface area contributed by atoms with Crippen molar-refractivity contribution in [3.05, 3.63) is 0 Å². The predicted octanol–water partition coefficient (Wildman–Crippen LogP) is 1.81. The fourth-order valence-corrected chi connectivity index (χ4v) is 1.42. The van der Waals surface area contributed by atoms with Crippen molar-refractivity contribution in [1.29, 1.82) is 0 Å². The van der Waals surface area contributed by atoms with Gasteiger partial charge in [0, 0.05) is 6.42 Å². The molecule has 80 valence electrons. The smallest absolute Gasteiger partial charge is 0.372 e. The standard InChI is InChI=1S/C8H9F3O3/c9-8(10,11)14-7(13)5-3-1-2-4-6(5)12/h5H,1-4H2. The lowest BCUT2D eigenvalue weighted by molar-refractivity contribution is -0.307. The van der Waals surface area contributed by atoms with E-state index in [1.807, 2.05) is 0 Å². The Balaban J connectivity index is 2.55. The number of esters is 1. The van der Waals surface area contributed by atoms with Crippen LogP contribution >= 0.6 is 0 Å². The molecule has 0 heterocycles. The van der Waals surface area contributed by atoms with Gasteiger partial charge in [-0.1, -0.05) is 6.42 Å². The third-order valence-corrected chi connectivity index (χ3v) is 2.06. The monoisotopic (exact) mass is 210 g/mol. The largest absolute Gasteiger partial charge is 0.575 e. The van der Waals surface area contributed by atoms with Crippen molar-refractivity contribution in [3.63, 3.8) is 0 Å². The van der Waals surface area contributed by atoms with Crippen molar-refractivity contribution in [3.8, 4) is 0 Å². The van der Waals surface area contributed by atoms with Gasteiger partial charge in [-0.05, 0) is 12.8 Å². The van der Waals surface area contributed by atoms with E-state index in [2.05, 4.69) is 4.74 Å². The Morgan fingerprint density at radius 1 is 1.36 bits per heavy atom. The lowest BCUT2D eigenvalue weighted by Gasteiger charge is -2.19. The second-order valence-corrected chi connectivity index (χ2v) is 3.13. The maximum Gasteiger partial charge on any atom is 0.575 e. The normalized spacial score (nSPS) is 23.4. The van der Waals surface area contributed by atoms with Crippen LogP contribution in [-0.2, 0) is 14.3 Å². The number of hydrogen-bond acceptors (Lipinski definition) is 3. The van der Waals surface area contributed by atoms with Crippen LogP contribution in [0.3, 0.4) is 0 Å². The summed E-state index contributed by atoms with van der Waals surface area (Å²) in [5, 5.41) is 0. The van der Waals surface area contributed by atoms with Crippen LogP contribution in [0.15, 0.2) is 0 Å². The lowest BCUT2D eigenvalue weighted by Crippen LogP contribution is -2.32. The van der Waals surface area contributed by atoms with Crippen molar-refractivity contribution in [1.82, 2.24) is 0 Å². The summed E-state index contributed by atoms with van der Waals surface area (Å²) in [6.45, 7) is 0. The summed E-state index contributed by atoms with van der Waals surface area (Å²) in [7, 11) is 0. The molecule has 0 amide bonds. The summed E-state index contributed by atoms with van der Waals surface area (Å²) < 4.78 is 38.1. The first-order valence-corrected chi connectivity index (χ1v) is 4.22. The van der Waals surface area contributed by atoms with E-state index in [1.165, 1.54) is 0 Å². The van der Waals surface area contributed by atoms with E-state index < -0.39 is 24.0 Å². The average Bonchev–Trinajstić information content (AvgIpc) is 2.01. The van der Waals surface area contributed by atoms with Gasteiger partial charge in [0.05, 0.1) is 0 Å². The fourth-order valence-electron chi connectivity index (χ4n) is 1.42. The first-order valence-electron chi connectivity index (χ1n) is 4.22. The highest BCUT2D eigenvalue weighted by Crippen LogP contribution is 2.25. The zero-order chi connectivity index (χ0) is 10.8. The molecule has 3 nitrogen and oxygen atoms in total. The van der Waals surface area contributed by atoms with E-state index in [9.17, 15) is 22.8 Å². The lowest BCUT2D eigenvalue weighted by atomic mass is 9.88. The zero-order valence-electron chi connectivity index (χ0n) is 7.26. The fraction of sp³-hybridized carbons (Fsp3) is 0.750. The number of rotatable bonds is 1. The number of carbonyl (C=O) groups excluding carboxylic acids is 2. The van der Waals surface area contributed by atoms with Crippen molar-refractivity contribution in [2.45, 2.75) is 32.0 Å². The number of hydrogen-bond donors (Lipinski definition) is 0. The molecule has 0 aromatic carbocycles. The summed E-state index contributed by atoms with van der Waals surface area (Å²) in [6.07, 6.45) is -3.45. The molecule has 1 unspecified atom stereocenters. The molecule has 1 aliphatic carbocycles. The molecule has 0 aromatic rings. The number of ether oxygens (including phenoxy) is 1. The first-order chi connectivity index (χ1) is 6.40. The molecule has 1 atom stereocenters. The maximum atomic E-state index is 11.6. The maximum absolute atomic E-state index is 11.6. The van der Waals surface area contributed by atoms with Crippen LogP contribution in [0.25, 0.3) is 0 Å². The van der Waals surface area contributed by atoms with Gasteiger partial charge in [0.1, 0.15) is 11.7 Å². The van der Waals surface area contributed by atoms with Crippen LogP contribution in [0.5, 0.6) is 0 Å². The van der Waals surface area contributed by atoms with Gasteiger partial charge in [0.15, 0.2) is 0 Å². The Labute approximate surface area is 78.2 Å². The third kappa shape index (κ3) is 3.01. The highest BCUT2D eigenvalue weighted by Gasteiger charge is 2.39. The Kier molecular flexibility index (Phi) is 3.13.